The quantitative estimate of drug-likeness (QED) is 0.582. The number of hydrogen-bond acceptors (Lipinski definition) is 4. The molecule has 3 nitrogen and oxygen atoms in total. The molecule has 0 aliphatic rings. The zero-order valence-corrected chi connectivity index (χ0v) is 15.8. The molecule has 0 radical (unpaired) electrons. The van der Waals surface area contributed by atoms with Crippen molar-refractivity contribution in [1.29, 1.82) is 0 Å². The third-order valence-electron chi connectivity index (χ3n) is 3.60. The van der Waals surface area contributed by atoms with Crippen LogP contribution < -0.4 is 5.32 Å². The van der Waals surface area contributed by atoms with Crippen LogP contribution in [-0.2, 0) is 4.79 Å². The summed E-state index contributed by atoms with van der Waals surface area (Å²) in [6.07, 6.45) is 0.446. The molecule has 124 valence electrons. The summed E-state index contributed by atoms with van der Waals surface area (Å²) in [7, 11) is 0. The summed E-state index contributed by atoms with van der Waals surface area (Å²) in [6, 6.07) is 11.8. The number of amides is 1. The molecular formula is C18H17ClN2OS2. The molecule has 24 heavy (non-hydrogen) atoms. The van der Waals surface area contributed by atoms with Gasteiger partial charge in [-0.1, -0.05) is 35.1 Å². The van der Waals surface area contributed by atoms with E-state index in [4.69, 9.17) is 11.6 Å². The second kappa shape index (κ2) is 7.55. The fraction of sp³-hybridized carbons (Fsp3) is 0.222. The van der Waals surface area contributed by atoms with Crippen LogP contribution in [0.2, 0.25) is 5.02 Å². The van der Waals surface area contributed by atoms with E-state index in [1.165, 1.54) is 16.9 Å². The van der Waals surface area contributed by atoms with Gasteiger partial charge in [-0.05, 0) is 49.2 Å². The first-order chi connectivity index (χ1) is 11.5. The third-order valence-corrected chi connectivity index (χ3v) is 5.97. The minimum Gasteiger partial charge on any atom is -0.302 e. The Morgan fingerprint density at radius 2 is 1.88 bits per heavy atom. The molecule has 0 unspecified atom stereocenters. The molecule has 3 rings (SSSR count). The first kappa shape index (κ1) is 17.3. The summed E-state index contributed by atoms with van der Waals surface area (Å²) in [5.74, 6) is 0.710. The average molecular weight is 377 g/mol. The molecule has 0 aliphatic carbocycles. The highest BCUT2D eigenvalue weighted by Crippen LogP contribution is 2.31. The number of anilines is 1. The molecule has 1 heterocycles. The third kappa shape index (κ3) is 4.09. The first-order valence-electron chi connectivity index (χ1n) is 7.58. The standard InChI is InChI=1S/C18H17ClN2OS2/c1-11-3-4-12(2)17-16(11)21-18(24-17)20-15(22)9-10-23-14-7-5-13(19)6-8-14/h3-8H,9-10H2,1-2H3,(H,20,21,22). The smallest absolute Gasteiger partial charge is 0.226 e. The molecule has 0 spiro atoms. The Hall–Kier alpha value is -1.56. The summed E-state index contributed by atoms with van der Waals surface area (Å²) in [5, 5.41) is 4.31. The number of thiazole rings is 1. The number of carbonyl (C=O) groups is 1. The van der Waals surface area contributed by atoms with Gasteiger partial charge >= 0.3 is 0 Å². The Labute approximate surface area is 154 Å². The lowest BCUT2D eigenvalue weighted by Crippen LogP contribution is -2.11. The molecule has 1 N–H and O–H groups in total. The maximum absolute atomic E-state index is 12.1. The predicted octanol–water partition coefficient (Wildman–Crippen LogP) is 5.69. The van der Waals surface area contributed by atoms with Crippen molar-refractivity contribution in [2.24, 2.45) is 0 Å². The van der Waals surface area contributed by atoms with Crippen molar-refractivity contribution in [2.75, 3.05) is 11.1 Å². The molecule has 0 saturated heterocycles. The van der Waals surface area contributed by atoms with Gasteiger partial charge in [0.05, 0.1) is 10.2 Å². The van der Waals surface area contributed by atoms with Crippen LogP contribution in [-0.4, -0.2) is 16.6 Å². The number of carbonyl (C=O) groups excluding carboxylic acids is 1. The predicted molar refractivity (Wildman–Crippen MR) is 105 cm³/mol. The maximum atomic E-state index is 12.1. The Balaban J connectivity index is 1.58. The van der Waals surface area contributed by atoms with E-state index in [2.05, 4.69) is 29.4 Å². The molecule has 3 aromatic rings. The van der Waals surface area contributed by atoms with Gasteiger partial charge in [0.2, 0.25) is 5.91 Å². The minimum absolute atomic E-state index is 0.00849. The van der Waals surface area contributed by atoms with Gasteiger partial charge in [-0.25, -0.2) is 4.98 Å². The van der Waals surface area contributed by atoms with Gasteiger partial charge < -0.3 is 5.32 Å². The lowest BCUT2D eigenvalue weighted by atomic mass is 10.1. The molecule has 6 heteroatoms. The molecule has 1 amide bonds. The zero-order valence-electron chi connectivity index (χ0n) is 13.4. The first-order valence-corrected chi connectivity index (χ1v) is 9.76. The molecule has 0 aliphatic heterocycles. The van der Waals surface area contributed by atoms with E-state index in [1.54, 1.807) is 11.8 Å². The minimum atomic E-state index is -0.00849. The summed E-state index contributed by atoms with van der Waals surface area (Å²) in [6.45, 7) is 4.10. The Kier molecular flexibility index (Phi) is 5.43. The van der Waals surface area contributed by atoms with Crippen molar-refractivity contribution in [1.82, 2.24) is 4.98 Å². The molecule has 2 aromatic carbocycles. The second-order valence-corrected chi connectivity index (χ2v) is 8.10. The molecule has 1 aromatic heterocycles. The average Bonchev–Trinajstić information content (AvgIpc) is 2.98. The van der Waals surface area contributed by atoms with Gasteiger partial charge in [0, 0.05) is 22.1 Å². The van der Waals surface area contributed by atoms with E-state index in [0.29, 0.717) is 11.6 Å². The van der Waals surface area contributed by atoms with Gasteiger partial charge in [-0.3, -0.25) is 4.79 Å². The Bertz CT molecular complexity index is 836. The van der Waals surface area contributed by atoms with Gasteiger partial charge in [0.1, 0.15) is 0 Å². The summed E-state index contributed by atoms with van der Waals surface area (Å²) >= 11 is 9.04. The van der Waals surface area contributed by atoms with Crippen molar-refractivity contribution < 1.29 is 4.79 Å². The second-order valence-electron chi connectivity index (χ2n) is 5.50. The highest BCUT2D eigenvalue weighted by molar-refractivity contribution is 7.99. The number of aryl methyl sites for hydroxylation is 2. The van der Waals surface area contributed by atoms with Crippen molar-refractivity contribution in [3.63, 3.8) is 0 Å². The molecule has 0 bridgehead atoms. The van der Waals surface area contributed by atoms with E-state index in [-0.39, 0.29) is 5.91 Å². The number of thioether (sulfide) groups is 1. The van der Waals surface area contributed by atoms with Crippen LogP contribution in [0.1, 0.15) is 17.5 Å². The number of nitrogens with zero attached hydrogens (tertiary/aromatic N) is 1. The molecule has 0 atom stereocenters. The van der Waals surface area contributed by atoms with Crippen LogP contribution in [0.5, 0.6) is 0 Å². The fourth-order valence-electron chi connectivity index (χ4n) is 2.29. The highest BCUT2D eigenvalue weighted by Gasteiger charge is 2.11. The number of fused-ring (bicyclic) bond motifs is 1. The van der Waals surface area contributed by atoms with Crippen molar-refractivity contribution in [3.8, 4) is 0 Å². The summed E-state index contributed by atoms with van der Waals surface area (Å²) in [5.41, 5.74) is 3.29. The van der Waals surface area contributed by atoms with Crippen molar-refractivity contribution in [3.05, 3.63) is 52.5 Å². The Morgan fingerprint density at radius 3 is 2.58 bits per heavy atom. The maximum Gasteiger partial charge on any atom is 0.226 e. The van der Waals surface area contributed by atoms with Crippen LogP contribution >= 0.6 is 34.7 Å². The van der Waals surface area contributed by atoms with E-state index >= 15 is 0 Å². The van der Waals surface area contributed by atoms with Gasteiger partial charge in [-0.2, -0.15) is 0 Å². The number of nitrogens with one attached hydrogen (secondary N) is 1. The molecular weight excluding hydrogens is 360 g/mol. The number of halogens is 1. The van der Waals surface area contributed by atoms with Crippen LogP contribution in [0.4, 0.5) is 5.13 Å². The van der Waals surface area contributed by atoms with E-state index < -0.39 is 0 Å². The number of rotatable bonds is 5. The van der Waals surface area contributed by atoms with Crippen LogP contribution in [0.25, 0.3) is 10.2 Å². The lowest BCUT2D eigenvalue weighted by Gasteiger charge is -2.02. The number of aromatic nitrogens is 1. The normalized spacial score (nSPS) is 11.0. The fourth-order valence-corrected chi connectivity index (χ4v) is 4.29. The van der Waals surface area contributed by atoms with Crippen LogP contribution in [0, 0.1) is 13.8 Å². The monoisotopic (exact) mass is 376 g/mol. The largest absolute Gasteiger partial charge is 0.302 e. The van der Waals surface area contributed by atoms with Crippen molar-refractivity contribution >= 4 is 56.0 Å². The Morgan fingerprint density at radius 1 is 1.17 bits per heavy atom. The van der Waals surface area contributed by atoms with E-state index in [0.717, 1.165) is 31.5 Å². The number of hydrogen-bond donors (Lipinski definition) is 1. The van der Waals surface area contributed by atoms with Crippen LogP contribution in [0.3, 0.4) is 0 Å². The zero-order chi connectivity index (χ0) is 17.1. The van der Waals surface area contributed by atoms with Crippen LogP contribution in [0.15, 0.2) is 41.3 Å². The SMILES string of the molecule is Cc1ccc(C)c2sc(NC(=O)CCSc3ccc(Cl)cc3)nc12. The molecule has 0 fully saturated rings. The highest BCUT2D eigenvalue weighted by atomic mass is 35.5. The van der Waals surface area contributed by atoms with E-state index in [1.807, 2.05) is 31.2 Å². The van der Waals surface area contributed by atoms with Gasteiger partial charge in [0.15, 0.2) is 5.13 Å². The van der Waals surface area contributed by atoms with Gasteiger partial charge in [-0.15, -0.1) is 11.8 Å². The summed E-state index contributed by atoms with van der Waals surface area (Å²) in [4.78, 5) is 17.8. The van der Waals surface area contributed by atoms with E-state index in [9.17, 15) is 4.79 Å². The molecule has 0 saturated carbocycles. The van der Waals surface area contributed by atoms with Gasteiger partial charge in [0.25, 0.3) is 0 Å². The number of benzene rings is 2. The topological polar surface area (TPSA) is 42.0 Å². The summed E-state index contributed by atoms with van der Waals surface area (Å²) < 4.78 is 1.14. The van der Waals surface area contributed by atoms with Crippen molar-refractivity contribution in [2.45, 2.75) is 25.2 Å². The lowest BCUT2D eigenvalue weighted by molar-refractivity contribution is -0.115.